The molecule has 48 heavy (non-hydrogen) atoms. The van der Waals surface area contributed by atoms with E-state index in [-0.39, 0.29) is 50.9 Å². The highest BCUT2D eigenvalue weighted by molar-refractivity contribution is 5.94. The minimum atomic E-state index is -1.39. The zero-order valence-corrected chi connectivity index (χ0v) is 26.9. The molecule has 1 spiro atoms. The number of carbonyl (C=O) groups is 4. The number of ether oxygens (including phenoxy) is 3. The molecule has 3 N–H and O–H groups in total. The van der Waals surface area contributed by atoms with Crippen LogP contribution in [0.3, 0.4) is 0 Å². The van der Waals surface area contributed by atoms with E-state index in [1.807, 2.05) is 48.5 Å². The quantitative estimate of drug-likeness (QED) is 0.242. The zero-order valence-electron chi connectivity index (χ0n) is 26.9. The van der Waals surface area contributed by atoms with Crippen LogP contribution in [0, 0.1) is 5.41 Å². The Morgan fingerprint density at radius 1 is 1.00 bits per heavy atom. The molecule has 254 valence electrons. The van der Waals surface area contributed by atoms with Gasteiger partial charge in [0.2, 0.25) is 17.7 Å². The number of fused-ring (bicyclic) bond motifs is 5. The van der Waals surface area contributed by atoms with Crippen LogP contribution < -0.4 is 10.6 Å². The third-order valence-corrected chi connectivity index (χ3v) is 10.0. The normalized spacial score (nSPS) is 29.4. The van der Waals surface area contributed by atoms with Crippen molar-refractivity contribution >= 4 is 29.8 Å². The van der Waals surface area contributed by atoms with E-state index in [4.69, 9.17) is 24.2 Å². The van der Waals surface area contributed by atoms with E-state index >= 15 is 0 Å². The first-order valence-electron chi connectivity index (χ1n) is 16.3. The van der Waals surface area contributed by atoms with Crippen molar-refractivity contribution in [1.82, 2.24) is 20.6 Å². The highest BCUT2D eigenvalue weighted by Crippen LogP contribution is 2.58. The lowest BCUT2D eigenvalue weighted by Crippen LogP contribution is -2.69. The van der Waals surface area contributed by atoms with Gasteiger partial charge in [0.05, 0.1) is 13.2 Å². The number of nitrogens with one attached hydrogen (secondary N) is 2. The summed E-state index contributed by atoms with van der Waals surface area (Å²) in [7, 11) is 3.34. The first-order chi connectivity index (χ1) is 23.1. The number of hydroxylamine groups is 2. The van der Waals surface area contributed by atoms with Crippen LogP contribution in [0.5, 0.6) is 0 Å². The summed E-state index contributed by atoms with van der Waals surface area (Å²) >= 11 is 0. The molecule has 3 saturated heterocycles. The van der Waals surface area contributed by atoms with Gasteiger partial charge in [0.25, 0.3) is 0 Å². The van der Waals surface area contributed by atoms with Crippen molar-refractivity contribution in [2.24, 2.45) is 5.41 Å². The number of amides is 3. The van der Waals surface area contributed by atoms with Crippen molar-refractivity contribution in [2.75, 3.05) is 33.8 Å². The van der Waals surface area contributed by atoms with Gasteiger partial charge in [0.1, 0.15) is 29.8 Å². The maximum Gasteiger partial charge on any atom is 0.327 e. The zero-order chi connectivity index (χ0) is 33.6. The third kappa shape index (κ3) is 5.59. The predicted molar refractivity (Wildman–Crippen MR) is 169 cm³/mol. The molecule has 2 aromatic rings. The second kappa shape index (κ2) is 12.7. The minimum absolute atomic E-state index is 0.00594. The molecule has 6 atom stereocenters. The van der Waals surface area contributed by atoms with Gasteiger partial charge in [-0.15, -0.1) is 0 Å². The van der Waals surface area contributed by atoms with Crippen LogP contribution in [0.1, 0.15) is 35.1 Å². The van der Waals surface area contributed by atoms with Gasteiger partial charge < -0.3 is 34.9 Å². The van der Waals surface area contributed by atoms with Gasteiger partial charge in [-0.2, -0.15) is 5.06 Å². The Kier molecular flexibility index (Phi) is 8.58. The van der Waals surface area contributed by atoms with Crippen LogP contribution >= 0.6 is 0 Å². The molecule has 7 rings (SSSR count). The number of likely N-dealkylation sites (N-methyl/N-ethyl adjacent to an activating group) is 1. The van der Waals surface area contributed by atoms with Gasteiger partial charge in [0.15, 0.2) is 11.8 Å². The van der Waals surface area contributed by atoms with Crippen molar-refractivity contribution in [3.8, 4) is 0 Å². The maximum atomic E-state index is 14.4. The van der Waals surface area contributed by atoms with Crippen molar-refractivity contribution in [2.45, 2.75) is 68.5 Å². The van der Waals surface area contributed by atoms with E-state index < -0.39 is 53.5 Å². The topological polar surface area (TPSA) is 156 Å². The highest BCUT2D eigenvalue weighted by Gasteiger charge is 2.76. The standard InChI is InChI=1S/C35H40N4O9/c1-38(2)27(42)12-11-21-7-3-6-10-24(21)20-39-30-32(43)45-25-19-35(30,33(44)37-14-13-26(41)36-15-16-40)31(48-39)29-28(25)46-34(47-29)17-22-8-4-5-9-23(22)18-34/h3-12,25,28-31,40H,13-20H2,1-2H3,(H,36,41)(H,37,44)/t25-,28+,29+,30+,31-,35+/m1/s1. The molecule has 13 heteroatoms. The summed E-state index contributed by atoms with van der Waals surface area (Å²) in [6.45, 7) is 0.0623. The fourth-order valence-electron chi connectivity index (χ4n) is 7.82. The van der Waals surface area contributed by atoms with E-state index in [1.54, 1.807) is 20.2 Å². The van der Waals surface area contributed by atoms with E-state index in [0.717, 1.165) is 22.3 Å². The largest absolute Gasteiger partial charge is 0.458 e. The highest BCUT2D eigenvalue weighted by atomic mass is 16.8. The maximum absolute atomic E-state index is 14.4. The molecule has 0 unspecified atom stereocenters. The van der Waals surface area contributed by atoms with Gasteiger partial charge in [-0.05, 0) is 28.3 Å². The molecule has 5 aliphatic rings. The van der Waals surface area contributed by atoms with Crippen LogP contribution in [-0.4, -0.2) is 109 Å². The summed E-state index contributed by atoms with van der Waals surface area (Å²) in [5.74, 6) is -2.51. The number of hydrogen-bond donors (Lipinski definition) is 3. The SMILES string of the molecule is CN(C)C(=O)C=Cc1ccccc1CN1O[C@@H]2[C@H]3OC4(Cc5ccccc5C4)O[C@H]3[C@H]3C[C@]2(C(=O)NCCC(=O)NCCO)[C@@H]1C(=O)O3. The minimum Gasteiger partial charge on any atom is -0.458 e. The van der Waals surface area contributed by atoms with Crippen LogP contribution in [0.2, 0.25) is 0 Å². The monoisotopic (exact) mass is 660 g/mol. The predicted octanol–water partition coefficient (Wildman–Crippen LogP) is 0.482. The molecule has 2 aromatic carbocycles. The van der Waals surface area contributed by atoms with E-state index in [0.29, 0.717) is 12.8 Å². The summed E-state index contributed by atoms with van der Waals surface area (Å²) in [6, 6.07) is 14.4. The van der Waals surface area contributed by atoms with Gasteiger partial charge in [-0.1, -0.05) is 48.5 Å². The number of rotatable bonds is 10. The Hall–Kier alpha value is -4.14. The first kappa shape index (κ1) is 32.4. The second-order valence-corrected chi connectivity index (χ2v) is 13.3. The fraction of sp³-hybridized carbons (Fsp3) is 0.486. The number of nitrogens with zero attached hydrogens (tertiary/aromatic N) is 2. The van der Waals surface area contributed by atoms with E-state index in [9.17, 15) is 19.2 Å². The Labute approximate surface area is 278 Å². The molecule has 4 fully saturated rings. The molecule has 0 radical (unpaired) electrons. The number of esters is 1. The van der Waals surface area contributed by atoms with Crippen LogP contribution in [-0.2, 0) is 57.6 Å². The summed E-state index contributed by atoms with van der Waals surface area (Å²) in [6.07, 6.45) is 1.38. The smallest absolute Gasteiger partial charge is 0.327 e. The average Bonchev–Trinajstić information content (AvgIpc) is 3.74. The number of carbonyl (C=O) groups excluding carboxylic acids is 4. The number of aliphatic hydroxyl groups excluding tert-OH is 1. The molecular weight excluding hydrogens is 620 g/mol. The van der Waals surface area contributed by atoms with Crippen LogP contribution in [0.15, 0.2) is 54.6 Å². The Bertz CT molecular complexity index is 1620. The summed E-state index contributed by atoms with van der Waals surface area (Å²) in [5.41, 5.74) is 2.36. The third-order valence-electron chi connectivity index (χ3n) is 10.0. The fourth-order valence-corrected chi connectivity index (χ4v) is 7.82. The van der Waals surface area contributed by atoms with Crippen molar-refractivity contribution in [3.05, 3.63) is 76.9 Å². The van der Waals surface area contributed by atoms with Crippen molar-refractivity contribution < 1.29 is 43.3 Å². The molecular formula is C35H40N4O9. The lowest BCUT2D eigenvalue weighted by Gasteiger charge is -2.48. The van der Waals surface area contributed by atoms with Gasteiger partial charge in [-0.25, -0.2) is 0 Å². The summed E-state index contributed by atoms with van der Waals surface area (Å²) < 4.78 is 19.5. The van der Waals surface area contributed by atoms with Gasteiger partial charge in [0, 0.05) is 58.9 Å². The Morgan fingerprint density at radius 2 is 1.71 bits per heavy atom. The molecule has 2 bridgehead atoms. The average molecular weight is 661 g/mol. The Balaban J connectivity index is 1.20. The summed E-state index contributed by atoms with van der Waals surface area (Å²) in [5, 5.41) is 16.0. The van der Waals surface area contributed by atoms with E-state index in [1.165, 1.54) is 16.0 Å². The summed E-state index contributed by atoms with van der Waals surface area (Å²) in [4.78, 5) is 61.0. The lowest BCUT2D eigenvalue weighted by atomic mass is 9.62. The van der Waals surface area contributed by atoms with Gasteiger partial charge >= 0.3 is 5.97 Å². The Morgan fingerprint density at radius 3 is 2.44 bits per heavy atom. The molecule has 3 heterocycles. The second-order valence-electron chi connectivity index (χ2n) is 13.3. The number of aliphatic hydroxyl groups is 1. The molecule has 3 aliphatic heterocycles. The van der Waals surface area contributed by atoms with Crippen LogP contribution in [0.25, 0.3) is 6.08 Å². The number of benzene rings is 2. The van der Waals surface area contributed by atoms with Crippen molar-refractivity contribution in [3.63, 3.8) is 0 Å². The first-order valence-corrected chi connectivity index (χ1v) is 16.3. The molecule has 13 nitrogen and oxygen atoms in total. The number of hydrogen-bond acceptors (Lipinski definition) is 10. The lowest BCUT2D eigenvalue weighted by molar-refractivity contribution is -0.217. The molecule has 1 saturated carbocycles. The van der Waals surface area contributed by atoms with Crippen LogP contribution in [0.4, 0.5) is 0 Å². The molecule has 0 aromatic heterocycles. The van der Waals surface area contributed by atoms with E-state index in [2.05, 4.69) is 10.6 Å². The van der Waals surface area contributed by atoms with Crippen molar-refractivity contribution in [1.29, 1.82) is 0 Å². The molecule has 3 amide bonds. The van der Waals surface area contributed by atoms with Gasteiger partial charge in [-0.3, -0.25) is 24.0 Å². The molecule has 2 aliphatic carbocycles.